The lowest BCUT2D eigenvalue weighted by Crippen LogP contribution is -2.40. The smallest absolute Gasteiger partial charge is 0.0935 e. The third kappa shape index (κ3) is 3.94. The molecule has 0 saturated carbocycles. The first-order valence-electron chi connectivity index (χ1n) is 6.40. The quantitative estimate of drug-likeness (QED) is 0.490. The first kappa shape index (κ1) is 13.8. The normalized spacial score (nSPS) is 27.3. The van der Waals surface area contributed by atoms with Crippen LogP contribution in [0.5, 0.6) is 0 Å². The number of aliphatic hydroxyl groups excluding tert-OH is 1. The van der Waals surface area contributed by atoms with Crippen molar-refractivity contribution in [2.24, 2.45) is 5.11 Å². The van der Waals surface area contributed by atoms with E-state index in [1.54, 1.807) is 0 Å². The van der Waals surface area contributed by atoms with E-state index in [1.807, 2.05) is 30.3 Å². The molecule has 6 nitrogen and oxygen atoms in total. The van der Waals surface area contributed by atoms with Crippen LogP contribution < -0.4 is 5.32 Å². The van der Waals surface area contributed by atoms with Crippen LogP contribution in [0.1, 0.15) is 12.0 Å². The molecule has 1 aromatic carbocycles. The molecule has 0 bridgehead atoms. The molecule has 2 rings (SSSR count). The van der Waals surface area contributed by atoms with E-state index in [-0.39, 0.29) is 6.04 Å². The summed E-state index contributed by atoms with van der Waals surface area (Å²) in [6, 6.07) is 9.36. The molecule has 2 N–H and O–H groups in total. The van der Waals surface area contributed by atoms with E-state index in [9.17, 15) is 5.11 Å². The van der Waals surface area contributed by atoms with Gasteiger partial charge in [-0.1, -0.05) is 35.4 Å². The van der Waals surface area contributed by atoms with Crippen molar-refractivity contribution in [3.8, 4) is 0 Å². The molecule has 1 aromatic rings. The Morgan fingerprint density at radius 2 is 2.21 bits per heavy atom. The average Bonchev–Trinajstić information content (AvgIpc) is 2.60. The van der Waals surface area contributed by atoms with Gasteiger partial charge in [0.1, 0.15) is 0 Å². The summed E-state index contributed by atoms with van der Waals surface area (Å²) in [6.45, 7) is 1.63. The Labute approximate surface area is 112 Å². The summed E-state index contributed by atoms with van der Waals surface area (Å²) in [5.74, 6) is 0. The van der Waals surface area contributed by atoms with E-state index < -0.39 is 12.2 Å². The molecular weight excluding hydrogens is 244 g/mol. The zero-order valence-electron chi connectivity index (χ0n) is 10.6. The number of rotatable bonds is 4. The van der Waals surface area contributed by atoms with E-state index >= 15 is 0 Å². The molecule has 3 atom stereocenters. The van der Waals surface area contributed by atoms with Gasteiger partial charge in [-0.2, -0.15) is 0 Å². The fourth-order valence-corrected chi connectivity index (χ4v) is 2.20. The highest BCUT2D eigenvalue weighted by Gasteiger charge is 2.30. The van der Waals surface area contributed by atoms with Crippen molar-refractivity contribution >= 4 is 0 Å². The number of hydrogen-bond donors (Lipinski definition) is 2. The Bertz CT molecular complexity index is 434. The summed E-state index contributed by atoms with van der Waals surface area (Å²) >= 11 is 0. The Kier molecular flexibility index (Phi) is 5.18. The maximum atomic E-state index is 10.1. The van der Waals surface area contributed by atoms with Gasteiger partial charge in [0, 0.05) is 11.5 Å². The zero-order chi connectivity index (χ0) is 13.5. The number of hydrogen-bond acceptors (Lipinski definition) is 4. The Hall–Kier alpha value is -1.59. The second kappa shape index (κ2) is 7.11. The van der Waals surface area contributed by atoms with Gasteiger partial charge in [-0.15, -0.1) is 0 Å². The summed E-state index contributed by atoms with van der Waals surface area (Å²) in [4.78, 5) is 2.83. The van der Waals surface area contributed by atoms with Gasteiger partial charge >= 0.3 is 0 Å². The minimum Gasteiger partial charge on any atom is -0.390 e. The van der Waals surface area contributed by atoms with E-state index in [0.717, 1.165) is 5.56 Å². The van der Waals surface area contributed by atoms with Crippen LogP contribution in [0, 0.1) is 0 Å². The first-order valence-corrected chi connectivity index (χ1v) is 6.40. The lowest BCUT2D eigenvalue weighted by molar-refractivity contribution is -0.0543. The maximum absolute atomic E-state index is 10.1. The third-order valence-electron chi connectivity index (χ3n) is 3.21. The third-order valence-corrected chi connectivity index (χ3v) is 3.21. The van der Waals surface area contributed by atoms with Crippen LogP contribution in [0.15, 0.2) is 35.4 Å². The summed E-state index contributed by atoms with van der Waals surface area (Å²) in [7, 11) is 0. The fraction of sp³-hybridized carbons (Fsp3) is 0.538. The van der Waals surface area contributed by atoms with Crippen molar-refractivity contribution in [2.45, 2.75) is 31.3 Å². The summed E-state index contributed by atoms with van der Waals surface area (Å²) in [5, 5.41) is 16.9. The first-order chi connectivity index (χ1) is 9.31. The highest BCUT2D eigenvalue weighted by molar-refractivity contribution is 5.13. The van der Waals surface area contributed by atoms with Crippen LogP contribution in [0.3, 0.4) is 0 Å². The SMILES string of the molecule is [N-]=[N+]=N[C@@H]1CNCC[C@H](O)[C@H]1OCc1ccccc1. The highest BCUT2D eigenvalue weighted by atomic mass is 16.5. The van der Waals surface area contributed by atoms with Crippen LogP contribution in [-0.4, -0.2) is 36.4 Å². The predicted molar refractivity (Wildman–Crippen MR) is 71.4 cm³/mol. The van der Waals surface area contributed by atoms with Crippen molar-refractivity contribution < 1.29 is 9.84 Å². The molecule has 0 aliphatic carbocycles. The Balaban J connectivity index is 2.02. The van der Waals surface area contributed by atoms with Gasteiger partial charge in [-0.25, -0.2) is 0 Å². The van der Waals surface area contributed by atoms with Gasteiger partial charge in [0.25, 0.3) is 0 Å². The zero-order valence-corrected chi connectivity index (χ0v) is 10.6. The van der Waals surface area contributed by atoms with E-state index in [1.165, 1.54) is 0 Å². The number of azide groups is 1. The lowest BCUT2D eigenvalue weighted by atomic mass is 10.1. The van der Waals surface area contributed by atoms with Crippen molar-refractivity contribution in [2.75, 3.05) is 13.1 Å². The lowest BCUT2D eigenvalue weighted by Gasteiger charge is -2.25. The fourth-order valence-electron chi connectivity index (χ4n) is 2.20. The van der Waals surface area contributed by atoms with Crippen molar-refractivity contribution in [3.63, 3.8) is 0 Å². The largest absolute Gasteiger partial charge is 0.390 e. The van der Waals surface area contributed by atoms with Crippen molar-refractivity contribution in [3.05, 3.63) is 46.3 Å². The van der Waals surface area contributed by atoms with Crippen LogP contribution in [0.4, 0.5) is 0 Å². The van der Waals surface area contributed by atoms with Crippen LogP contribution in [0.2, 0.25) is 0 Å². The standard InChI is InChI=1S/C13H18N4O2/c14-17-16-11-8-15-7-6-12(18)13(11)19-9-10-4-2-1-3-5-10/h1-5,11-13,15,18H,6-9H2/t11-,12+,13+/m1/s1. The topological polar surface area (TPSA) is 90.3 Å². The summed E-state index contributed by atoms with van der Waals surface area (Å²) < 4.78 is 5.77. The Morgan fingerprint density at radius 1 is 1.42 bits per heavy atom. The molecule has 1 aliphatic rings. The summed E-state index contributed by atoms with van der Waals surface area (Å²) in [5.41, 5.74) is 9.63. The molecule has 1 aliphatic heterocycles. The average molecular weight is 262 g/mol. The number of nitrogens with zero attached hydrogens (tertiary/aromatic N) is 3. The van der Waals surface area contributed by atoms with Crippen LogP contribution in [0.25, 0.3) is 10.4 Å². The van der Waals surface area contributed by atoms with Crippen LogP contribution in [-0.2, 0) is 11.3 Å². The van der Waals surface area contributed by atoms with Crippen LogP contribution >= 0.6 is 0 Å². The van der Waals surface area contributed by atoms with Gasteiger partial charge < -0.3 is 15.2 Å². The van der Waals surface area contributed by atoms with Crippen molar-refractivity contribution in [1.29, 1.82) is 0 Å². The molecule has 1 saturated heterocycles. The minimum absolute atomic E-state index is 0.383. The molecule has 1 heterocycles. The molecule has 0 aromatic heterocycles. The molecule has 0 radical (unpaired) electrons. The molecule has 0 spiro atoms. The van der Waals surface area contributed by atoms with Gasteiger partial charge in [0.2, 0.25) is 0 Å². The molecule has 102 valence electrons. The number of aliphatic hydroxyl groups is 1. The van der Waals surface area contributed by atoms with Gasteiger partial charge in [-0.05, 0) is 24.1 Å². The van der Waals surface area contributed by atoms with E-state index in [4.69, 9.17) is 10.3 Å². The van der Waals surface area contributed by atoms with E-state index in [2.05, 4.69) is 15.3 Å². The highest BCUT2D eigenvalue weighted by Crippen LogP contribution is 2.16. The molecule has 19 heavy (non-hydrogen) atoms. The minimum atomic E-state index is -0.616. The van der Waals surface area contributed by atoms with E-state index in [0.29, 0.717) is 26.1 Å². The maximum Gasteiger partial charge on any atom is 0.0935 e. The summed E-state index contributed by atoms with van der Waals surface area (Å²) in [6.07, 6.45) is -0.489. The molecule has 0 amide bonds. The Morgan fingerprint density at radius 3 is 2.95 bits per heavy atom. The van der Waals surface area contributed by atoms with Crippen molar-refractivity contribution in [1.82, 2.24) is 5.32 Å². The predicted octanol–water partition coefficient (Wildman–Crippen LogP) is 1.60. The number of nitrogens with one attached hydrogen (secondary N) is 1. The molecule has 0 unspecified atom stereocenters. The molecule has 6 heteroatoms. The van der Waals surface area contributed by atoms with Gasteiger partial charge in [-0.3, -0.25) is 0 Å². The second-order valence-corrected chi connectivity index (χ2v) is 4.59. The van der Waals surface area contributed by atoms with Gasteiger partial charge in [0.05, 0.1) is 24.9 Å². The molecule has 1 fully saturated rings. The number of ether oxygens (including phenoxy) is 1. The second-order valence-electron chi connectivity index (χ2n) is 4.59. The molecular formula is C13H18N4O2. The number of benzene rings is 1. The monoisotopic (exact) mass is 262 g/mol. The van der Waals surface area contributed by atoms with Gasteiger partial charge in [0.15, 0.2) is 0 Å².